The van der Waals surface area contributed by atoms with Crippen LogP contribution in [0.2, 0.25) is 0 Å². The van der Waals surface area contributed by atoms with Gasteiger partial charge in [-0.05, 0) is 54.9 Å². The van der Waals surface area contributed by atoms with Gasteiger partial charge in [-0.2, -0.15) is 0 Å². The third-order valence-electron chi connectivity index (χ3n) is 5.01. The van der Waals surface area contributed by atoms with Crippen LogP contribution >= 0.6 is 11.8 Å². The standard InChI is InChI=1S/C24H26N2O5S/c1-16(2)25(14-17-8-6-5-7-9-17)22(27)15-26-23(28)21(32-24(26)29)13-18-10-11-19(30-3)20(12-18)31-4/h5-13,16H,14-15H2,1-4H3/b21-13+. The van der Waals surface area contributed by atoms with E-state index in [4.69, 9.17) is 9.47 Å². The molecule has 1 aliphatic heterocycles. The van der Waals surface area contributed by atoms with Gasteiger partial charge in [-0.3, -0.25) is 19.3 Å². The summed E-state index contributed by atoms with van der Waals surface area (Å²) < 4.78 is 10.5. The topological polar surface area (TPSA) is 76.2 Å². The molecule has 32 heavy (non-hydrogen) atoms. The molecular weight excluding hydrogens is 428 g/mol. The Morgan fingerprint density at radius 1 is 1.06 bits per heavy atom. The summed E-state index contributed by atoms with van der Waals surface area (Å²) >= 11 is 0.822. The number of imide groups is 1. The Hall–Kier alpha value is -3.26. The van der Waals surface area contributed by atoms with E-state index in [0.717, 1.165) is 22.2 Å². The minimum absolute atomic E-state index is 0.0788. The molecule has 1 fully saturated rings. The van der Waals surface area contributed by atoms with Gasteiger partial charge in [0.25, 0.3) is 11.1 Å². The molecule has 1 aliphatic rings. The molecular formula is C24H26N2O5S. The van der Waals surface area contributed by atoms with Crippen molar-refractivity contribution in [3.63, 3.8) is 0 Å². The van der Waals surface area contributed by atoms with E-state index in [9.17, 15) is 14.4 Å². The summed E-state index contributed by atoms with van der Waals surface area (Å²) in [6.07, 6.45) is 1.61. The molecule has 0 saturated carbocycles. The van der Waals surface area contributed by atoms with Crippen LogP contribution in [0.4, 0.5) is 4.79 Å². The van der Waals surface area contributed by atoms with Crippen LogP contribution in [0.1, 0.15) is 25.0 Å². The minimum atomic E-state index is -0.480. The molecule has 0 spiro atoms. The van der Waals surface area contributed by atoms with Crippen molar-refractivity contribution >= 4 is 34.9 Å². The number of hydrogen-bond acceptors (Lipinski definition) is 6. The highest BCUT2D eigenvalue weighted by molar-refractivity contribution is 8.18. The van der Waals surface area contributed by atoms with E-state index in [2.05, 4.69) is 0 Å². The number of ether oxygens (including phenoxy) is 2. The first kappa shape index (κ1) is 23.4. The lowest BCUT2D eigenvalue weighted by Crippen LogP contribution is -2.44. The number of amides is 3. The summed E-state index contributed by atoms with van der Waals surface area (Å²) in [4.78, 5) is 41.3. The van der Waals surface area contributed by atoms with Crippen molar-refractivity contribution in [3.8, 4) is 11.5 Å². The number of benzene rings is 2. The Morgan fingerprint density at radius 2 is 1.75 bits per heavy atom. The monoisotopic (exact) mass is 454 g/mol. The smallest absolute Gasteiger partial charge is 0.294 e. The quantitative estimate of drug-likeness (QED) is 0.557. The molecule has 0 unspecified atom stereocenters. The summed E-state index contributed by atoms with van der Waals surface area (Å²) in [6.45, 7) is 3.94. The van der Waals surface area contributed by atoms with E-state index in [1.54, 1.807) is 29.2 Å². The van der Waals surface area contributed by atoms with E-state index in [1.165, 1.54) is 14.2 Å². The molecule has 0 atom stereocenters. The average molecular weight is 455 g/mol. The van der Waals surface area contributed by atoms with Crippen LogP contribution in [0.3, 0.4) is 0 Å². The molecule has 2 aromatic carbocycles. The van der Waals surface area contributed by atoms with Gasteiger partial charge in [0.2, 0.25) is 5.91 Å². The lowest BCUT2D eigenvalue weighted by molar-refractivity contribution is -0.137. The molecule has 2 aromatic rings. The van der Waals surface area contributed by atoms with Gasteiger partial charge in [-0.15, -0.1) is 0 Å². The van der Waals surface area contributed by atoms with Gasteiger partial charge in [0.15, 0.2) is 11.5 Å². The van der Waals surface area contributed by atoms with Crippen molar-refractivity contribution in [1.29, 1.82) is 0 Å². The SMILES string of the molecule is COc1ccc(/C=C2/SC(=O)N(CC(=O)N(Cc3ccccc3)C(C)C)C2=O)cc1OC. The Morgan fingerprint density at radius 3 is 2.38 bits per heavy atom. The number of carbonyl (C=O) groups is 3. The van der Waals surface area contributed by atoms with Crippen LogP contribution in [0.15, 0.2) is 53.4 Å². The summed E-state index contributed by atoms with van der Waals surface area (Å²) in [7, 11) is 3.06. The number of methoxy groups -OCH3 is 2. The van der Waals surface area contributed by atoms with E-state index in [1.807, 2.05) is 44.2 Å². The zero-order chi connectivity index (χ0) is 23.3. The highest BCUT2D eigenvalue weighted by Gasteiger charge is 2.37. The normalized spacial score (nSPS) is 14.9. The number of rotatable bonds is 8. The van der Waals surface area contributed by atoms with Gasteiger partial charge in [-0.25, -0.2) is 0 Å². The predicted octanol–water partition coefficient (Wildman–Crippen LogP) is 4.18. The van der Waals surface area contributed by atoms with Crippen molar-refractivity contribution in [2.24, 2.45) is 0 Å². The van der Waals surface area contributed by atoms with Gasteiger partial charge in [0, 0.05) is 12.6 Å². The van der Waals surface area contributed by atoms with Gasteiger partial charge < -0.3 is 14.4 Å². The molecule has 3 amide bonds. The number of hydrogen-bond donors (Lipinski definition) is 0. The lowest BCUT2D eigenvalue weighted by atomic mass is 10.1. The first-order valence-electron chi connectivity index (χ1n) is 10.1. The third-order valence-corrected chi connectivity index (χ3v) is 5.92. The minimum Gasteiger partial charge on any atom is -0.493 e. The number of thioether (sulfide) groups is 1. The maximum Gasteiger partial charge on any atom is 0.294 e. The van der Waals surface area contributed by atoms with Crippen LogP contribution < -0.4 is 9.47 Å². The molecule has 1 heterocycles. The average Bonchev–Trinajstić information content (AvgIpc) is 3.05. The summed E-state index contributed by atoms with van der Waals surface area (Å²) in [5, 5.41) is -0.460. The first-order valence-corrected chi connectivity index (χ1v) is 11.0. The van der Waals surface area contributed by atoms with Crippen molar-refractivity contribution in [2.45, 2.75) is 26.4 Å². The van der Waals surface area contributed by atoms with Gasteiger partial charge in [0.1, 0.15) is 6.54 Å². The van der Waals surface area contributed by atoms with Gasteiger partial charge >= 0.3 is 0 Å². The highest BCUT2D eigenvalue weighted by atomic mass is 32.2. The molecule has 0 N–H and O–H groups in total. The second kappa shape index (κ2) is 10.4. The molecule has 3 rings (SSSR count). The van der Waals surface area contributed by atoms with Crippen molar-refractivity contribution < 1.29 is 23.9 Å². The van der Waals surface area contributed by atoms with E-state index < -0.39 is 11.1 Å². The molecule has 168 valence electrons. The first-order chi connectivity index (χ1) is 15.3. The fraction of sp³-hybridized carbons (Fsp3) is 0.292. The number of carbonyl (C=O) groups excluding carboxylic acids is 3. The van der Waals surface area contributed by atoms with Gasteiger partial charge in [0.05, 0.1) is 19.1 Å². The van der Waals surface area contributed by atoms with E-state index in [0.29, 0.717) is 23.6 Å². The van der Waals surface area contributed by atoms with Crippen LogP contribution in [0.5, 0.6) is 11.5 Å². The molecule has 0 bridgehead atoms. The van der Waals surface area contributed by atoms with Gasteiger partial charge in [-0.1, -0.05) is 36.4 Å². The fourth-order valence-electron chi connectivity index (χ4n) is 3.30. The van der Waals surface area contributed by atoms with Crippen molar-refractivity contribution in [3.05, 3.63) is 64.6 Å². The summed E-state index contributed by atoms with van der Waals surface area (Å²) in [6, 6.07) is 14.7. The summed E-state index contributed by atoms with van der Waals surface area (Å²) in [5.41, 5.74) is 1.67. The highest BCUT2D eigenvalue weighted by Crippen LogP contribution is 2.34. The largest absolute Gasteiger partial charge is 0.493 e. The Balaban J connectivity index is 1.75. The zero-order valence-electron chi connectivity index (χ0n) is 18.5. The molecule has 0 aromatic heterocycles. The van der Waals surface area contributed by atoms with Crippen LogP contribution in [0.25, 0.3) is 6.08 Å². The van der Waals surface area contributed by atoms with Crippen LogP contribution in [0, 0.1) is 0 Å². The molecule has 1 saturated heterocycles. The van der Waals surface area contributed by atoms with Crippen LogP contribution in [-0.2, 0) is 16.1 Å². The second-order valence-corrected chi connectivity index (χ2v) is 8.48. The maximum atomic E-state index is 13.0. The Kier molecular flexibility index (Phi) is 7.58. The lowest BCUT2D eigenvalue weighted by Gasteiger charge is -2.28. The zero-order valence-corrected chi connectivity index (χ0v) is 19.3. The van der Waals surface area contributed by atoms with Crippen LogP contribution in [-0.4, -0.2) is 53.7 Å². The predicted molar refractivity (Wildman–Crippen MR) is 124 cm³/mol. The van der Waals surface area contributed by atoms with Crippen molar-refractivity contribution in [1.82, 2.24) is 9.80 Å². The van der Waals surface area contributed by atoms with Crippen molar-refractivity contribution in [2.75, 3.05) is 20.8 Å². The molecule has 7 nitrogen and oxygen atoms in total. The maximum absolute atomic E-state index is 13.0. The Labute approximate surface area is 192 Å². The third kappa shape index (κ3) is 5.31. The number of nitrogens with zero attached hydrogens (tertiary/aromatic N) is 2. The fourth-order valence-corrected chi connectivity index (χ4v) is 4.13. The Bertz CT molecular complexity index is 1040. The second-order valence-electron chi connectivity index (χ2n) is 7.48. The molecule has 0 radical (unpaired) electrons. The molecule has 0 aliphatic carbocycles. The van der Waals surface area contributed by atoms with E-state index >= 15 is 0 Å². The molecule has 8 heteroatoms. The summed E-state index contributed by atoms with van der Waals surface area (Å²) in [5.74, 6) is 0.324. The van der Waals surface area contributed by atoms with E-state index in [-0.39, 0.29) is 23.4 Å².